The van der Waals surface area contributed by atoms with Crippen LogP contribution in [0.5, 0.6) is 0 Å². The Bertz CT molecular complexity index is 724. The van der Waals surface area contributed by atoms with Gasteiger partial charge in [-0.3, -0.25) is 4.90 Å². The smallest absolute Gasteiger partial charge is 0.0942 e. The topological polar surface area (TPSA) is 23.5 Å². The maximum absolute atomic E-state index is 10.9. The van der Waals surface area contributed by atoms with Crippen LogP contribution in [-0.2, 0) is 12.8 Å². The SMILES string of the molecule is CC(C(O)c1ccc2c(c1)CCS2)N1CCC(Cc2ccccc2)CC1. The number of hydrogen-bond acceptors (Lipinski definition) is 3. The Morgan fingerprint density at radius 2 is 1.88 bits per heavy atom. The van der Waals surface area contributed by atoms with Gasteiger partial charge < -0.3 is 5.11 Å². The second-order valence-corrected chi connectivity index (χ2v) is 8.96. The molecule has 26 heavy (non-hydrogen) atoms. The molecule has 2 aromatic carbocycles. The van der Waals surface area contributed by atoms with Gasteiger partial charge in [0.15, 0.2) is 0 Å². The number of thioether (sulfide) groups is 1. The molecule has 0 aromatic heterocycles. The van der Waals surface area contributed by atoms with Crippen LogP contribution in [0, 0.1) is 5.92 Å². The lowest BCUT2D eigenvalue weighted by molar-refractivity contribution is 0.0373. The molecule has 0 bridgehead atoms. The molecule has 2 atom stereocenters. The monoisotopic (exact) mass is 367 g/mol. The number of fused-ring (bicyclic) bond motifs is 1. The first-order valence-corrected chi connectivity index (χ1v) is 10.9. The van der Waals surface area contributed by atoms with Crippen molar-refractivity contribution < 1.29 is 5.11 Å². The molecule has 2 unspecified atom stereocenters. The van der Waals surface area contributed by atoms with E-state index < -0.39 is 6.10 Å². The van der Waals surface area contributed by atoms with E-state index in [0.29, 0.717) is 0 Å². The Balaban J connectivity index is 1.33. The van der Waals surface area contributed by atoms with Gasteiger partial charge in [0.2, 0.25) is 0 Å². The molecule has 1 fully saturated rings. The third kappa shape index (κ3) is 4.00. The summed E-state index contributed by atoms with van der Waals surface area (Å²) in [4.78, 5) is 3.88. The first-order valence-electron chi connectivity index (χ1n) is 9.92. The summed E-state index contributed by atoms with van der Waals surface area (Å²) in [5.41, 5.74) is 3.96. The fourth-order valence-corrected chi connectivity index (χ4v) is 5.43. The zero-order valence-corrected chi connectivity index (χ0v) is 16.4. The van der Waals surface area contributed by atoms with Crippen LogP contribution < -0.4 is 0 Å². The van der Waals surface area contributed by atoms with Crippen LogP contribution in [0.3, 0.4) is 0 Å². The Morgan fingerprint density at radius 3 is 2.65 bits per heavy atom. The van der Waals surface area contributed by atoms with Gasteiger partial charge in [-0.15, -0.1) is 11.8 Å². The van der Waals surface area contributed by atoms with Crippen LogP contribution in [-0.4, -0.2) is 34.9 Å². The molecule has 1 saturated heterocycles. The molecule has 0 aliphatic carbocycles. The summed E-state index contributed by atoms with van der Waals surface area (Å²) in [5.74, 6) is 1.95. The molecule has 1 N–H and O–H groups in total. The van der Waals surface area contributed by atoms with E-state index in [-0.39, 0.29) is 6.04 Å². The lowest BCUT2D eigenvalue weighted by Crippen LogP contribution is -2.43. The number of aliphatic hydroxyl groups excluding tert-OH is 1. The van der Waals surface area contributed by atoms with Gasteiger partial charge in [0.25, 0.3) is 0 Å². The lowest BCUT2D eigenvalue weighted by Gasteiger charge is -2.38. The second-order valence-electron chi connectivity index (χ2n) is 7.82. The largest absolute Gasteiger partial charge is 0.387 e. The fourth-order valence-electron chi connectivity index (χ4n) is 4.38. The van der Waals surface area contributed by atoms with Crippen molar-refractivity contribution in [3.05, 3.63) is 65.2 Å². The minimum Gasteiger partial charge on any atom is -0.387 e. The van der Waals surface area contributed by atoms with Gasteiger partial charge in [-0.2, -0.15) is 0 Å². The summed E-state index contributed by atoms with van der Waals surface area (Å²) in [7, 11) is 0. The Morgan fingerprint density at radius 1 is 1.12 bits per heavy atom. The van der Waals surface area contributed by atoms with Crippen LogP contribution >= 0.6 is 11.8 Å². The predicted molar refractivity (Wildman–Crippen MR) is 110 cm³/mol. The first-order chi connectivity index (χ1) is 12.7. The fraction of sp³-hybridized carbons (Fsp3) is 0.478. The van der Waals surface area contributed by atoms with E-state index in [2.05, 4.69) is 60.4 Å². The highest BCUT2D eigenvalue weighted by molar-refractivity contribution is 7.99. The summed E-state index contributed by atoms with van der Waals surface area (Å²) < 4.78 is 0. The maximum atomic E-state index is 10.9. The highest BCUT2D eigenvalue weighted by Gasteiger charge is 2.28. The third-order valence-electron chi connectivity index (χ3n) is 6.10. The number of piperidine rings is 1. The Kier molecular flexibility index (Phi) is 5.68. The molecule has 2 aromatic rings. The molecule has 3 heteroatoms. The van der Waals surface area contributed by atoms with Crippen LogP contribution in [0.15, 0.2) is 53.4 Å². The molecular formula is C23H29NOS. The summed E-state index contributed by atoms with van der Waals surface area (Å²) in [6, 6.07) is 17.6. The van der Waals surface area contributed by atoms with Crippen molar-refractivity contribution in [3.8, 4) is 0 Å². The number of rotatable bonds is 5. The third-order valence-corrected chi connectivity index (χ3v) is 7.22. The molecule has 2 aliphatic rings. The molecule has 2 aliphatic heterocycles. The van der Waals surface area contributed by atoms with Gasteiger partial charge >= 0.3 is 0 Å². The van der Waals surface area contributed by atoms with Crippen molar-refractivity contribution in [2.24, 2.45) is 5.92 Å². The van der Waals surface area contributed by atoms with Crippen molar-refractivity contribution in [2.75, 3.05) is 18.8 Å². The van der Waals surface area contributed by atoms with Crippen LogP contribution in [0.4, 0.5) is 0 Å². The van der Waals surface area contributed by atoms with Crippen LogP contribution in [0.25, 0.3) is 0 Å². The van der Waals surface area contributed by atoms with E-state index in [1.165, 1.54) is 41.0 Å². The van der Waals surface area contributed by atoms with Gasteiger partial charge in [0.05, 0.1) is 6.10 Å². The Labute approximate surface area is 161 Å². The number of nitrogens with zero attached hydrogens (tertiary/aromatic N) is 1. The van der Waals surface area contributed by atoms with Crippen molar-refractivity contribution >= 4 is 11.8 Å². The molecule has 138 valence electrons. The molecule has 2 nitrogen and oxygen atoms in total. The average Bonchev–Trinajstić information content (AvgIpc) is 3.16. The van der Waals surface area contributed by atoms with E-state index in [9.17, 15) is 5.11 Å². The zero-order valence-electron chi connectivity index (χ0n) is 15.6. The summed E-state index contributed by atoms with van der Waals surface area (Å²) >= 11 is 1.93. The van der Waals surface area contributed by atoms with Gasteiger partial charge in [-0.05, 0) is 74.4 Å². The van der Waals surface area contributed by atoms with E-state index in [1.807, 2.05) is 11.8 Å². The number of aryl methyl sites for hydroxylation is 1. The quantitative estimate of drug-likeness (QED) is 0.828. The number of aliphatic hydroxyl groups is 1. The van der Waals surface area contributed by atoms with Gasteiger partial charge in [0.1, 0.15) is 0 Å². The molecule has 0 saturated carbocycles. The molecule has 0 radical (unpaired) electrons. The van der Waals surface area contributed by atoms with E-state index in [1.54, 1.807) is 0 Å². The van der Waals surface area contributed by atoms with Gasteiger partial charge in [0, 0.05) is 16.7 Å². The van der Waals surface area contributed by atoms with E-state index in [0.717, 1.165) is 31.0 Å². The van der Waals surface area contributed by atoms with Gasteiger partial charge in [-0.1, -0.05) is 42.5 Å². The van der Waals surface area contributed by atoms with E-state index in [4.69, 9.17) is 0 Å². The summed E-state index contributed by atoms with van der Waals surface area (Å²) in [6.45, 7) is 4.37. The second kappa shape index (κ2) is 8.16. The molecule has 0 amide bonds. The van der Waals surface area contributed by atoms with E-state index >= 15 is 0 Å². The number of hydrogen-bond donors (Lipinski definition) is 1. The minimum absolute atomic E-state index is 0.180. The zero-order chi connectivity index (χ0) is 17.9. The average molecular weight is 368 g/mol. The molecule has 2 heterocycles. The highest BCUT2D eigenvalue weighted by Crippen LogP contribution is 2.34. The highest BCUT2D eigenvalue weighted by atomic mass is 32.2. The van der Waals surface area contributed by atoms with Crippen molar-refractivity contribution in [3.63, 3.8) is 0 Å². The van der Waals surface area contributed by atoms with Crippen molar-refractivity contribution in [1.82, 2.24) is 4.90 Å². The summed E-state index contributed by atoms with van der Waals surface area (Å²) in [5, 5.41) is 10.9. The van der Waals surface area contributed by atoms with Gasteiger partial charge in [-0.25, -0.2) is 0 Å². The molecule has 0 spiro atoms. The predicted octanol–water partition coefficient (Wildman–Crippen LogP) is 4.71. The normalized spacial score (nSPS) is 20.7. The maximum Gasteiger partial charge on any atom is 0.0942 e. The molecular weight excluding hydrogens is 338 g/mol. The van der Waals surface area contributed by atoms with Crippen LogP contribution in [0.2, 0.25) is 0 Å². The first kappa shape index (κ1) is 18.1. The van der Waals surface area contributed by atoms with Crippen LogP contribution in [0.1, 0.15) is 42.6 Å². The summed E-state index contributed by atoms with van der Waals surface area (Å²) in [6.07, 6.45) is 4.39. The van der Waals surface area contributed by atoms with Crippen molar-refractivity contribution in [1.29, 1.82) is 0 Å². The van der Waals surface area contributed by atoms with Crippen molar-refractivity contribution in [2.45, 2.75) is 49.6 Å². The minimum atomic E-state index is -0.392. The molecule has 4 rings (SSSR count). The Hall–Kier alpha value is -1.29. The standard InChI is InChI=1S/C23H29NOS/c1-17(23(25)21-7-8-22-20(16-21)11-14-26-22)24-12-9-19(10-13-24)15-18-5-3-2-4-6-18/h2-8,16-17,19,23,25H,9-15H2,1H3. The lowest BCUT2D eigenvalue weighted by atomic mass is 9.89. The number of likely N-dealkylation sites (tertiary alicyclic amines) is 1. The number of benzene rings is 2.